The molecule has 18 heavy (non-hydrogen) atoms. The number of anilines is 1. The lowest BCUT2D eigenvalue weighted by atomic mass is 10.3. The van der Waals surface area contributed by atoms with Gasteiger partial charge in [-0.2, -0.15) is 4.98 Å². The monoisotopic (exact) mass is 247 g/mol. The van der Waals surface area contributed by atoms with Crippen LogP contribution >= 0.6 is 0 Å². The lowest BCUT2D eigenvalue weighted by Crippen LogP contribution is -2.26. The van der Waals surface area contributed by atoms with E-state index in [-0.39, 0.29) is 5.91 Å². The van der Waals surface area contributed by atoms with Crippen molar-refractivity contribution in [2.24, 2.45) is 0 Å². The van der Waals surface area contributed by atoms with Crippen molar-refractivity contribution in [1.29, 1.82) is 0 Å². The molecule has 0 unspecified atom stereocenters. The number of rotatable bonds is 5. The first kappa shape index (κ1) is 12.4. The summed E-state index contributed by atoms with van der Waals surface area (Å²) in [6.45, 7) is 2.97. The quantitative estimate of drug-likeness (QED) is 0.818. The summed E-state index contributed by atoms with van der Waals surface area (Å²) in [6.07, 6.45) is 0.856. The lowest BCUT2D eigenvalue weighted by Gasteiger charge is -2.13. The fourth-order valence-corrected chi connectivity index (χ4v) is 1.70. The molecule has 2 rings (SSSR count). The van der Waals surface area contributed by atoms with Gasteiger partial charge >= 0.3 is 0 Å². The van der Waals surface area contributed by atoms with Crippen LogP contribution < -0.4 is 10.2 Å². The molecule has 0 bridgehead atoms. The van der Waals surface area contributed by atoms with E-state index in [4.69, 9.17) is 4.42 Å². The Kier molecular flexibility index (Phi) is 3.82. The first-order valence-electron chi connectivity index (χ1n) is 5.98. The molecule has 0 radical (unpaired) electrons. The minimum absolute atomic E-state index is 0.000449. The van der Waals surface area contributed by atoms with Gasteiger partial charge in [-0.3, -0.25) is 4.79 Å². The minimum Gasteiger partial charge on any atom is -0.423 e. The second kappa shape index (κ2) is 5.53. The van der Waals surface area contributed by atoms with Crippen molar-refractivity contribution in [2.45, 2.75) is 13.3 Å². The maximum Gasteiger partial charge on any atom is 0.298 e. The average Bonchev–Trinajstić information content (AvgIpc) is 2.78. The van der Waals surface area contributed by atoms with Crippen LogP contribution in [-0.4, -0.2) is 31.0 Å². The van der Waals surface area contributed by atoms with Crippen LogP contribution in [0.2, 0.25) is 0 Å². The number of nitrogens with one attached hydrogen (secondary N) is 1. The number of hydrogen-bond donors (Lipinski definition) is 1. The number of carbonyl (C=O) groups is 1. The molecular weight excluding hydrogens is 230 g/mol. The van der Waals surface area contributed by atoms with Crippen LogP contribution in [0.25, 0.3) is 11.1 Å². The predicted molar refractivity (Wildman–Crippen MR) is 70.6 cm³/mol. The first-order valence-corrected chi connectivity index (χ1v) is 5.98. The van der Waals surface area contributed by atoms with E-state index >= 15 is 0 Å². The van der Waals surface area contributed by atoms with Gasteiger partial charge in [0.05, 0.1) is 0 Å². The van der Waals surface area contributed by atoms with Gasteiger partial charge in [-0.05, 0) is 18.6 Å². The number of fused-ring (bicyclic) bond motifs is 1. The summed E-state index contributed by atoms with van der Waals surface area (Å²) in [6, 6.07) is 8.29. The van der Waals surface area contributed by atoms with Gasteiger partial charge in [-0.1, -0.05) is 12.1 Å². The summed E-state index contributed by atoms with van der Waals surface area (Å²) in [7, 11) is 1.93. The number of oxazole rings is 1. The molecule has 2 aromatic rings. The van der Waals surface area contributed by atoms with Gasteiger partial charge in [0.2, 0.25) is 5.91 Å². The molecule has 5 nitrogen and oxygen atoms in total. The molecule has 1 aromatic heterocycles. The molecule has 0 saturated carbocycles. The highest BCUT2D eigenvalue weighted by atomic mass is 16.4. The zero-order valence-corrected chi connectivity index (χ0v) is 10.6. The number of aromatic nitrogens is 1. The van der Waals surface area contributed by atoms with Crippen LogP contribution in [0.15, 0.2) is 28.7 Å². The van der Waals surface area contributed by atoms with Crippen LogP contribution in [0.5, 0.6) is 0 Å². The maximum absolute atomic E-state index is 10.7. The van der Waals surface area contributed by atoms with E-state index in [9.17, 15) is 4.79 Å². The van der Waals surface area contributed by atoms with E-state index < -0.39 is 0 Å². The number of amides is 1. The van der Waals surface area contributed by atoms with E-state index in [1.54, 1.807) is 0 Å². The number of benzene rings is 1. The van der Waals surface area contributed by atoms with E-state index in [1.165, 1.54) is 6.92 Å². The van der Waals surface area contributed by atoms with Crippen LogP contribution in [0.4, 0.5) is 6.01 Å². The van der Waals surface area contributed by atoms with Crippen molar-refractivity contribution < 1.29 is 9.21 Å². The van der Waals surface area contributed by atoms with E-state index in [0.717, 1.165) is 24.1 Å². The predicted octanol–water partition coefficient (Wildman–Crippen LogP) is 1.79. The molecule has 0 aliphatic carbocycles. The minimum atomic E-state index is -0.000449. The number of carbonyl (C=O) groups excluding carboxylic acids is 1. The summed E-state index contributed by atoms with van der Waals surface area (Å²) in [5, 5.41) is 2.76. The van der Waals surface area contributed by atoms with E-state index in [0.29, 0.717) is 12.6 Å². The van der Waals surface area contributed by atoms with Crippen LogP contribution in [0.3, 0.4) is 0 Å². The first-order chi connectivity index (χ1) is 8.66. The maximum atomic E-state index is 10.7. The molecule has 1 heterocycles. The number of hydrogen-bond acceptors (Lipinski definition) is 4. The van der Waals surface area contributed by atoms with Crippen LogP contribution in [-0.2, 0) is 4.79 Å². The molecule has 0 aliphatic heterocycles. The SMILES string of the molecule is CC(=O)NCCCN(C)c1nc2ccccc2o1. The molecule has 96 valence electrons. The Hall–Kier alpha value is -2.04. The summed E-state index contributed by atoms with van der Waals surface area (Å²) >= 11 is 0. The second-order valence-electron chi connectivity index (χ2n) is 4.22. The molecule has 0 atom stereocenters. The summed E-state index contributed by atoms with van der Waals surface area (Å²) in [5.41, 5.74) is 1.66. The number of para-hydroxylation sites is 2. The van der Waals surface area contributed by atoms with Crippen molar-refractivity contribution in [3.05, 3.63) is 24.3 Å². The largest absolute Gasteiger partial charge is 0.423 e. The van der Waals surface area contributed by atoms with Crippen molar-refractivity contribution in [3.8, 4) is 0 Å². The number of nitrogens with zero attached hydrogens (tertiary/aromatic N) is 2. The Morgan fingerprint density at radius 2 is 2.22 bits per heavy atom. The molecule has 5 heteroatoms. The van der Waals surface area contributed by atoms with E-state index in [2.05, 4.69) is 10.3 Å². The Balaban J connectivity index is 1.92. The zero-order chi connectivity index (χ0) is 13.0. The van der Waals surface area contributed by atoms with E-state index in [1.807, 2.05) is 36.2 Å². The molecule has 1 aromatic carbocycles. The van der Waals surface area contributed by atoms with Gasteiger partial charge in [-0.25, -0.2) is 0 Å². The third-order valence-electron chi connectivity index (χ3n) is 2.65. The van der Waals surface area contributed by atoms with Crippen molar-refractivity contribution in [2.75, 3.05) is 25.0 Å². The zero-order valence-electron chi connectivity index (χ0n) is 10.6. The van der Waals surface area contributed by atoms with Gasteiger partial charge in [-0.15, -0.1) is 0 Å². The fourth-order valence-electron chi connectivity index (χ4n) is 1.70. The molecule has 1 N–H and O–H groups in total. The summed E-state index contributed by atoms with van der Waals surface area (Å²) < 4.78 is 5.64. The molecule has 1 amide bonds. The van der Waals surface area contributed by atoms with Gasteiger partial charge in [0.15, 0.2) is 5.58 Å². The third-order valence-corrected chi connectivity index (χ3v) is 2.65. The highest BCUT2D eigenvalue weighted by molar-refractivity contribution is 5.74. The van der Waals surface area contributed by atoms with Gasteiger partial charge in [0.25, 0.3) is 6.01 Å². The Morgan fingerprint density at radius 3 is 2.94 bits per heavy atom. The van der Waals surface area contributed by atoms with Crippen LogP contribution in [0, 0.1) is 0 Å². The third kappa shape index (κ3) is 3.00. The van der Waals surface area contributed by atoms with Crippen molar-refractivity contribution >= 4 is 23.0 Å². The molecule has 0 fully saturated rings. The summed E-state index contributed by atoms with van der Waals surface area (Å²) in [4.78, 5) is 17.1. The normalized spacial score (nSPS) is 10.6. The van der Waals surface area contributed by atoms with Gasteiger partial charge in [0, 0.05) is 27.1 Å². The smallest absolute Gasteiger partial charge is 0.298 e. The fraction of sp³-hybridized carbons (Fsp3) is 0.385. The van der Waals surface area contributed by atoms with Crippen molar-refractivity contribution in [1.82, 2.24) is 10.3 Å². The van der Waals surface area contributed by atoms with Gasteiger partial charge in [0.1, 0.15) is 5.52 Å². The molecule has 0 saturated heterocycles. The Labute approximate surface area is 106 Å². The Bertz CT molecular complexity index is 503. The van der Waals surface area contributed by atoms with Crippen LogP contribution in [0.1, 0.15) is 13.3 Å². The molecule has 0 aliphatic rings. The lowest BCUT2D eigenvalue weighted by molar-refractivity contribution is -0.118. The highest BCUT2D eigenvalue weighted by Gasteiger charge is 2.09. The highest BCUT2D eigenvalue weighted by Crippen LogP contribution is 2.20. The van der Waals surface area contributed by atoms with Gasteiger partial charge < -0.3 is 14.6 Å². The Morgan fingerprint density at radius 1 is 1.44 bits per heavy atom. The standard InChI is InChI=1S/C13H17N3O2/c1-10(17)14-8-5-9-16(2)13-15-11-6-3-4-7-12(11)18-13/h3-4,6-7H,5,8-9H2,1-2H3,(H,14,17). The van der Waals surface area contributed by atoms with Crippen molar-refractivity contribution in [3.63, 3.8) is 0 Å². The summed E-state index contributed by atoms with van der Waals surface area (Å²) in [5.74, 6) is -0.000449. The molecular formula is C13H17N3O2. The topological polar surface area (TPSA) is 58.4 Å². The second-order valence-corrected chi connectivity index (χ2v) is 4.22. The average molecular weight is 247 g/mol. The molecule has 0 spiro atoms.